The van der Waals surface area contributed by atoms with Crippen molar-refractivity contribution in [2.75, 3.05) is 32.8 Å². The molecule has 1 aromatic carbocycles. The van der Waals surface area contributed by atoms with E-state index in [-0.39, 0.29) is 17.5 Å². The average Bonchev–Trinajstić information content (AvgIpc) is 3.36. The van der Waals surface area contributed by atoms with Gasteiger partial charge in [0.05, 0.1) is 12.3 Å². The number of para-hydroxylation sites is 1. The van der Waals surface area contributed by atoms with E-state index in [1.807, 2.05) is 40.3 Å². The number of rotatable bonds is 5. The fraction of sp³-hybridized carbons (Fsp3) is 0.526. The number of hydrogen-bond donors (Lipinski definition) is 1. The van der Waals surface area contributed by atoms with Gasteiger partial charge in [0.15, 0.2) is 0 Å². The fourth-order valence-electron chi connectivity index (χ4n) is 3.85. The predicted molar refractivity (Wildman–Crippen MR) is 99.5 cm³/mol. The summed E-state index contributed by atoms with van der Waals surface area (Å²) < 4.78 is 1.65. The van der Waals surface area contributed by atoms with Crippen molar-refractivity contribution in [3.63, 3.8) is 0 Å². The van der Waals surface area contributed by atoms with Gasteiger partial charge in [-0.1, -0.05) is 18.2 Å². The van der Waals surface area contributed by atoms with Crippen molar-refractivity contribution in [1.82, 2.24) is 24.7 Å². The van der Waals surface area contributed by atoms with Crippen LogP contribution in [0.4, 0.5) is 0 Å². The van der Waals surface area contributed by atoms with Crippen LogP contribution in [0.15, 0.2) is 35.1 Å². The van der Waals surface area contributed by atoms with E-state index in [1.54, 1.807) is 4.57 Å². The maximum atomic E-state index is 12.5. The molecule has 8 heteroatoms. The molecule has 0 aliphatic carbocycles. The second kappa shape index (κ2) is 8.06. The number of likely N-dealkylation sites (tertiary alicyclic amines) is 1. The van der Waals surface area contributed by atoms with Gasteiger partial charge in [-0.3, -0.25) is 9.63 Å². The van der Waals surface area contributed by atoms with Gasteiger partial charge in [-0.2, -0.15) is 10.2 Å². The third-order valence-corrected chi connectivity index (χ3v) is 5.33. The van der Waals surface area contributed by atoms with Crippen LogP contribution < -0.4 is 5.69 Å². The molecule has 0 spiro atoms. The number of aromatic nitrogens is 3. The van der Waals surface area contributed by atoms with Crippen molar-refractivity contribution in [2.24, 2.45) is 0 Å². The van der Waals surface area contributed by atoms with Crippen molar-refractivity contribution in [2.45, 2.75) is 31.6 Å². The molecule has 144 valence electrons. The molecule has 2 aromatic rings. The zero-order chi connectivity index (χ0) is 18.6. The van der Waals surface area contributed by atoms with Crippen LogP contribution in [0.25, 0.3) is 5.69 Å². The lowest BCUT2D eigenvalue weighted by Gasteiger charge is -2.32. The maximum absolute atomic E-state index is 12.5. The number of nitrogens with zero attached hydrogens (tertiary/aromatic N) is 4. The SMILES string of the molecule is O=C(CCN1CCCO1)N1CCC(c2n[nH]c(=O)n2-c2ccccc2)CC1. The molecule has 0 atom stereocenters. The van der Waals surface area contributed by atoms with Crippen LogP contribution in [-0.2, 0) is 9.63 Å². The molecular formula is C19H25N5O3. The molecule has 2 saturated heterocycles. The van der Waals surface area contributed by atoms with E-state index in [0.717, 1.165) is 43.9 Å². The number of H-pyrrole nitrogens is 1. The highest BCUT2D eigenvalue weighted by Gasteiger charge is 2.28. The Bertz CT molecular complexity index is 817. The minimum Gasteiger partial charge on any atom is -0.343 e. The fourth-order valence-corrected chi connectivity index (χ4v) is 3.85. The monoisotopic (exact) mass is 371 g/mol. The molecule has 8 nitrogen and oxygen atoms in total. The van der Waals surface area contributed by atoms with E-state index in [0.29, 0.717) is 26.1 Å². The van der Waals surface area contributed by atoms with Gasteiger partial charge in [-0.25, -0.2) is 14.5 Å². The van der Waals surface area contributed by atoms with Gasteiger partial charge in [0.1, 0.15) is 5.82 Å². The summed E-state index contributed by atoms with van der Waals surface area (Å²) in [4.78, 5) is 32.1. The Morgan fingerprint density at radius 1 is 1.19 bits per heavy atom. The molecule has 1 amide bonds. The van der Waals surface area contributed by atoms with E-state index in [1.165, 1.54) is 0 Å². The predicted octanol–water partition coefficient (Wildman–Crippen LogP) is 1.29. The lowest BCUT2D eigenvalue weighted by molar-refractivity contribution is -0.139. The summed E-state index contributed by atoms with van der Waals surface area (Å²) in [6.45, 7) is 3.71. The molecule has 3 heterocycles. The van der Waals surface area contributed by atoms with Gasteiger partial charge < -0.3 is 4.90 Å². The number of aromatic amines is 1. The number of carbonyl (C=O) groups is 1. The van der Waals surface area contributed by atoms with Crippen molar-refractivity contribution >= 4 is 5.91 Å². The van der Waals surface area contributed by atoms with Crippen molar-refractivity contribution in [1.29, 1.82) is 0 Å². The normalized spacial score (nSPS) is 18.9. The molecule has 0 radical (unpaired) electrons. The summed E-state index contributed by atoms with van der Waals surface area (Å²) in [5, 5.41) is 8.73. The number of piperidine rings is 1. The molecule has 0 saturated carbocycles. The van der Waals surface area contributed by atoms with Gasteiger partial charge in [0.25, 0.3) is 0 Å². The Morgan fingerprint density at radius 2 is 1.96 bits per heavy atom. The van der Waals surface area contributed by atoms with E-state index in [4.69, 9.17) is 4.84 Å². The Hall–Kier alpha value is -2.45. The molecule has 0 bridgehead atoms. The summed E-state index contributed by atoms with van der Waals surface area (Å²) in [6, 6.07) is 9.54. The third kappa shape index (κ3) is 3.96. The van der Waals surface area contributed by atoms with Gasteiger partial charge in [-0.05, 0) is 31.4 Å². The largest absolute Gasteiger partial charge is 0.347 e. The van der Waals surface area contributed by atoms with Gasteiger partial charge >= 0.3 is 5.69 Å². The summed E-state index contributed by atoms with van der Waals surface area (Å²) in [6.07, 6.45) is 3.14. The molecule has 2 aliphatic heterocycles. The molecule has 2 aliphatic rings. The Labute approximate surface area is 157 Å². The van der Waals surface area contributed by atoms with Crippen molar-refractivity contribution in [3.8, 4) is 5.69 Å². The first-order valence-electron chi connectivity index (χ1n) is 9.61. The average molecular weight is 371 g/mol. The lowest BCUT2D eigenvalue weighted by atomic mass is 9.95. The number of carbonyl (C=O) groups excluding carboxylic acids is 1. The highest BCUT2D eigenvalue weighted by Crippen LogP contribution is 2.27. The number of hydroxylamine groups is 2. The topological polar surface area (TPSA) is 83.5 Å². The van der Waals surface area contributed by atoms with E-state index < -0.39 is 0 Å². The van der Waals surface area contributed by atoms with E-state index >= 15 is 0 Å². The summed E-state index contributed by atoms with van der Waals surface area (Å²) >= 11 is 0. The molecule has 1 aromatic heterocycles. The summed E-state index contributed by atoms with van der Waals surface area (Å²) in [7, 11) is 0. The second-order valence-corrected chi connectivity index (χ2v) is 7.08. The quantitative estimate of drug-likeness (QED) is 0.856. The van der Waals surface area contributed by atoms with Crippen molar-refractivity contribution in [3.05, 3.63) is 46.6 Å². The van der Waals surface area contributed by atoms with Crippen LogP contribution in [0.5, 0.6) is 0 Å². The summed E-state index contributed by atoms with van der Waals surface area (Å²) in [5.41, 5.74) is 0.593. The smallest absolute Gasteiger partial charge is 0.343 e. The molecule has 0 unspecified atom stereocenters. The third-order valence-electron chi connectivity index (χ3n) is 5.33. The van der Waals surface area contributed by atoms with Crippen LogP contribution >= 0.6 is 0 Å². The first-order chi connectivity index (χ1) is 13.2. The first-order valence-corrected chi connectivity index (χ1v) is 9.61. The Balaban J connectivity index is 1.37. The number of benzene rings is 1. The zero-order valence-corrected chi connectivity index (χ0v) is 15.3. The van der Waals surface area contributed by atoms with Crippen LogP contribution in [0.2, 0.25) is 0 Å². The Kier molecular flexibility index (Phi) is 5.35. The van der Waals surface area contributed by atoms with Crippen LogP contribution in [0.1, 0.15) is 37.4 Å². The van der Waals surface area contributed by atoms with E-state index in [2.05, 4.69) is 10.2 Å². The van der Waals surface area contributed by atoms with Crippen molar-refractivity contribution < 1.29 is 9.63 Å². The lowest BCUT2D eigenvalue weighted by Crippen LogP contribution is -2.39. The molecule has 4 rings (SSSR count). The number of hydrogen-bond acceptors (Lipinski definition) is 5. The zero-order valence-electron chi connectivity index (χ0n) is 15.3. The Morgan fingerprint density at radius 3 is 2.67 bits per heavy atom. The molecular weight excluding hydrogens is 346 g/mol. The number of nitrogens with one attached hydrogen (secondary N) is 1. The highest BCUT2D eigenvalue weighted by molar-refractivity contribution is 5.76. The van der Waals surface area contributed by atoms with Crippen LogP contribution in [-0.4, -0.2) is 63.4 Å². The first kappa shape index (κ1) is 17.9. The van der Waals surface area contributed by atoms with Crippen LogP contribution in [0, 0.1) is 0 Å². The van der Waals surface area contributed by atoms with Gasteiger partial charge in [0.2, 0.25) is 5.91 Å². The van der Waals surface area contributed by atoms with Gasteiger partial charge in [-0.15, -0.1) is 0 Å². The molecule has 1 N–H and O–H groups in total. The minimum atomic E-state index is -0.222. The summed E-state index contributed by atoms with van der Waals surface area (Å²) in [5.74, 6) is 1.09. The van der Waals surface area contributed by atoms with Gasteiger partial charge in [0, 0.05) is 38.5 Å². The second-order valence-electron chi connectivity index (χ2n) is 7.08. The maximum Gasteiger partial charge on any atom is 0.347 e. The highest BCUT2D eigenvalue weighted by atomic mass is 16.7. The molecule has 2 fully saturated rings. The standard InChI is InChI=1S/C19H25N5O3/c25-17(9-13-23-10-4-14-27-23)22-11-7-15(8-12-22)18-20-21-19(26)24(18)16-5-2-1-3-6-16/h1-3,5-6,15H,4,7-14H2,(H,21,26). The minimum absolute atomic E-state index is 0.162. The number of amides is 1. The van der Waals surface area contributed by atoms with E-state index in [9.17, 15) is 9.59 Å². The van der Waals surface area contributed by atoms with Crippen LogP contribution in [0.3, 0.4) is 0 Å². The molecule has 27 heavy (non-hydrogen) atoms.